The highest BCUT2D eigenvalue weighted by Gasteiger charge is 2.23. The van der Waals surface area contributed by atoms with Crippen molar-refractivity contribution in [2.45, 2.75) is 19.9 Å². The second-order valence-corrected chi connectivity index (χ2v) is 3.64. The van der Waals surface area contributed by atoms with Crippen LogP contribution in [0.4, 0.5) is 4.79 Å². The first-order chi connectivity index (χ1) is 6.66. The minimum Gasteiger partial charge on any atom is -0.447 e. The highest BCUT2D eigenvalue weighted by atomic mass is 16.6. The Labute approximate surface area is 83.1 Å². The van der Waals surface area contributed by atoms with E-state index in [-0.39, 0.29) is 12.1 Å². The average molecular weight is 191 g/mol. The summed E-state index contributed by atoms with van der Waals surface area (Å²) in [6.07, 6.45) is -0.326. The standard InChI is InChI=1S/C11H13NO2/c1-7-3-4-9(5-8(7)2)10-6-14-11(13)12-10/h3-5,10H,6H2,1-2H3,(H,12,13). The summed E-state index contributed by atoms with van der Waals surface area (Å²) in [7, 11) is 0. The van der Waals surface area contributed by atoms with E-state index in [1.54, 1.807) is 0 Å². The third kappa shape index (κ3) is 1.58. The van der Waals surface area contributed by atoms with Crippen molar-refractivity contribution in [3.05, 3.63) is 34.9 Å². The van der Waals surface area contributed by atoms with Gasteiger partial charge in [-0.2, -0.15) is 0 Å². The quantitative estimate of drug-likeness (QED) is 0.738. The molecule has 0 spiro atoms. The minimum absolute atomic E-state index is 0.0156. The second kappa shape index (κ2) is 3.33. The second-order valence-electron chi connectivity index (χ2n) is 3.64. The molecule has 3 nitrogen and oxygen atoms in total. The molecule has 1 atom stereocenters. The lowest BCUT2D eigenvalue weighted by molar-refractivity contribution is 0.177. The molecule has 3 heteroatoms. The summed E-state index contributed by atoms with van der Waals surface area (Å²) in [5, 5.41) is 2.76. The Morgan fingerprint density at radius 2 is 2.14 bits per heavy atom. The van der Waals surface area contributed by atoms with E-state index in [0.717, 1.165) is 5.56 Å². The summed E-state index contributed by atoms with van der Waals surface area (Å²) in [6.45, 7) is 4.57. The fourth-order valence-corrected chi connectivity index (χ4v) is 1.55. The SMILES string of the molecule is Cc1ccc(C2COC(=O)N2)cc1C. The van der Waals surface area contributed by atoms with Crippen molar-refractivity contribution < 1.29 is 9.53 Å². The summed E-state index contributed by atoms with van der Waals surface area (Å²) in [4.78, 5) is 10.8. The van der Waals surface area contributed by atoms with Crippen molar-refractivity contribution in [2.75, 3.05) is 6.61 Å². The van der Waals surface area contributed by atoms with Gasteiger partial charge in [-0.15, -0.1) is 0 Å². The molecule has 14 heavy (non-hydrogen) atoms. The first-order valence-electron chi connectivity index (χ1n) is 4.67. The molecule has 1 aliphatic rings. The molecule has 1 heterocycles. The maximum atomic E-state index is 10.8. The van der Waals surface area contributed by atoms with E-state index in [9.17, 15) is 4.79 Å². The first kappa shape index (κ1) is 9.06. The van der Waals surface area contributed by atoms with Crippen LogP contribution in [0.25, 0.3) is 0 Å². The number of aryl methyl sites for hydroxylation is 2. The highest BCUT2D eigenvalue weighted by Crippen LogP contribution is 2.20. The smallest absolute Gasteiger partial charge is 0.407 e. The van der Waals surface area contributed by atoms with E-state index in [2.05, 4.69) is 31.3 Å². The van der Waals surface area contributed by atoms with Gasteiger partial charge >= 0.3 is 6.09 Å². The third-order valence-electron chi connectivity index (χ3n) is 2.61. The number of nitrogens with one attached hydrogen (secondary N) is 1. The normalized spacial score (nSPS) is 20.4. The van der Waals surface area contributed by atoms with Crippen molar-refractivity contribution in [2.24, 2.45) is 0 Å². The molecule has 1 N–H and O–H groups in total. The van der Waals surface area contributed by atoms with Gasteiger partial charge in [0.25, 0.3) is 0 Å². The molecular weight excluding hydrogens is 178 g/mol. The zero-order valence-electron chi connectivity index (χ0n) is 8.33. The lowest BCUT2D eigenvalue weighted by Gasteiger charge is -2.09. The minimum atomic E-state index is -0.326. The lowest BCUT2D eigenvalue weighted by Crippen LogP contribution is -2.18. The van der Waals surface area contributed by atoms with Crippen molar-refractivity contribution in [1.82, 2.24) is 5.32 Å². The largest absolute Gasteiger partial charge is 0.447 e. The van der Waals surface area contributed by atoms with Crippen LogP contribution in [0, 0.1) is 13.8 Å². The molecule has 74 valence electrons. The predicted molar refractivity (Wildman–Crippen MR) is 53.1 cm³/mol. The number of amides is 1. The zero-order valence-corrected chi connectivity index (χ0v) is 8.33. The lowest BCUT2D eigenvalue weighted by atomic mass is 10.0. The Kier molecular flexibility index (Phi) is 2.15. The molecule has 0 saturated carbocycles. The number of hydrogen-bond donors (Lipinski definition) is 1. The number of rotatable bonds is 1. The molecule has 0 aromatic heterocycles. The summed E-state index contributed by atoms with van der Waals surface area (Å²) >= 11 is 0. The fourth-order valence-electron chi connectivity index (χ4n) is 1.55. The average Bonchev–Trinajstić information content (AvgIpc) is 2.57. The van der Waals surface area contributed by atoms with E-state index >= 15 is 0 Å². The number of ether oxygens (including phenoxy) is 1. The number of alkyl carbamates (subject to hydrolysis) is 1. The maximum absolute atomic E-state index is 10.8. The molecule has 1 aliphatic heterocycles. The van der Waals surface area contributed by atoms with Crippen LogP contribution in [-0.4, -0.2) is 12.7 Å². The van der Waals surface area contributed by atoms with E-state index in [1.165, 1.54) is 11.1 Å². The Morgan fingerprint density at radius 3 is 2.71 bits per heavy atom. The number of cyclic esters (lactones) is 1. The molecule has 0 bridgehead atoms. The van der Waals surface area contributed by atoms with Gasteiger partial charge in [0.1, 0.15) is 6.61 Å². The van der Waals surface area contributed by atoms with Crippen molar-refractivity contribution in [3.63, 3.8) is 0 Å². The van der Waals surface area contributed by atoms with E-state index in [0.29, 0.717) is 6.61 Å². The Morgan fingerprint density at radius 1 is 1.36 bits per heavy atom. The van der Waals surface area contributed by atoms with Gasteiger partial charge in [-0.3, -0.25) is 0 Å². The van der Waals surface area contributed by atoms with Crippen LogP contribution in [0.1, 0.15) is 22.7 Å². The predicted octanol–water partition coefficient (Wildman–Crippen LogP) is 2.08. The van der Waals surface area contributed by atoms with Crippen LogP contribution in [0.5, 0.6) is 0 Å². The number of hydrogen-bond acceptors (Lipinski definition) is 2. The number of carbonyl (C=O) groups excluding carboxylic acids is 1. The van der Waals surface area contributed by atoms with Gasteiger partial charge in [0.2, 0.25) is 0 Å². The summed E-state index contributed by atoms with van der Waals surface area (Å²) in [5.41, 5.74) is 3.61. The van der Waals surface area contributed by atoms with Gasteiger partial charge in [0, 0.05) is 0 Å². The topological polar surface area (TPSA) is 38.3 Å². The van der Waals surface area contributed by atoms with Gasteiger partial charge in [-0.1, -0.05) is 18.2 Å². The van der Waals surface area contributed by atoms with Gasteiger partial charge in [0.15, 0.2) is 0 Å². The first-order valence-corrected chi connectivity index (χ1v) is 4.67. The molecule has 1 saturated heterocycles. The third-order valence-corrected chi connectivity index (χ3v) is 2.61. The Balaban J connectivity index is 2.24. The molecule has 0 aliphatic carbocycles. The van der Waals surface area contributed by atoms with Crippen LogP contribution < -0.4 is 5.32 Å². The van der Waals surface area contributed by atoms with Crippen molar-refractivity contribution in [1.29, 1.82) is 0 Å². The van der Waals surface area contributed by atoms with Crippen LogP contribution in [-0.2, 0) is 4.74 Å². The number of carbonyl (C=O) groups is 1. The molecule has 1 amide bonds. The van der Waals surface area contributed by atoms with E-state index in [4.69, 9.17) is 4.74 Å². The van der Waals surface area contributed by atoms with E-state index in [1.807, 2.05) is 6.07 Å². The molecule has 1 unspecified atom stereocenters. The molecular formula is C11H13NO2. The number of benzene rings is 1. The van der Waals surface area contributed by atoms with Gasteiger partial charge in [-0.25, -0.2) is 4.79 Å². The Hall–Kier alpha value is -1.51. The van der Waals surface area contributed by atoms with Gasteiger partial charge in [-0.05, 0) is 30.5 Å². The van der Waals surface area contributed by atoms with Crippen molar-refractivity contribution in [3.8, 4) is 0 Å². The monoisotopic (exact) mass is 191 g/mol. The molecule has 1 fully saturated rings. The summed E-state index contributed by atoms with van der Waals surface area (Å²) in [5.74, 6) is 0. The van der Waals surface area contributed by atoms with Crippen LogP contribution in [0.15, 0.2) is 18.2 Å². The fraction of sp³-hybridized carbons (Fsp3) is 0.364. The molecule has 1 aromatic carbocycles. The summed E-state index contributed by atoms with van der Waals surface area (Å²) < 4.78 is 4.84. The van der Waals surface area contributed by atoms with Crippen LogP contribution in [0.2, 0.25) is 0 Å². The summed E-state index contributed by atoms with van der Waals surface area (Å²) in [6, 6.07) is 6.20. The van der Waals surface area contributed by atoms with Crippen molar-refractivity contribution >= 4 is 6.09 Å². The highest BCUT2D eigenvalue weighted by molar-refractivity contribution is 5.70. The maximum Gasteiger partial charge on any atom is 0.407 e. The van der Waals surface area contributed by atoms with Gasteiger partial charge < -0.3 is 10.1 Å². The molecule has 2 rings (SSSR count). The van der Waals surface area contributed by atoms with E-state index < -0.39 is 0 Å². The van der Waals surface area contributed by atoms with Crippen LogP contribution >= 0.6 is 0 Å². The van der Waals surface area contributed by atoms with Crippen LogP contribution in [0.3, 0.4) is 0 Å². The molecule has 0 radical (unpaired) electrons. The zero-order chi connectivity index (χ0) is 10.1. The van der Waals surface area contributed by atoms with Gasteiger partial charge in [0.05, 0.1) is 6.04 Å². The molecule has 1 aromatic rings. The Bertz CT molecular complexity index is 374.